The average molecular weight is 300 g/mol. The van der Waals surface area contributed by atoms with Gasteiger partial charge in [-0.2, -0.15) is 4.39 Å². The summed E-state index contributed by atoms with van der Waals surface area (Å²) in [5.74, 6) is -0.713. The van der Waals surface area contributed by atoms with Crippen LogP contribution in [0.4, 0.5) is 14.9 Å². The fourth-order valence-electron chi connectivity index (χ4n) is 1.31. The van der Waals surface area contributed by atoms with E-state index in [1.807, 2.05) is 13.1 Å². The summed E-state index contributed by atoms with van der Waals surface area (Å²) in [5.41, 5.74) is 0.309. The lowest BCUT2D eigenvalue weighted by Gasteiger charge is -2.36. The molecule has 0 saturated heterocycles. The van der Waals surface area contributed by atoms with Crippen molar-refractivity contribution in [1.29, 1.82) is 0 Å². The SMILES string of the molecule is CC(C)(C)[Si](C)(C)OCc1c(NC(=O)O)ccnc1F. The van der Waals surface area contributed by atoms with Crippen molar-refractivity contribution in [3.63, 3.8) is 0 Å². The van der Waals surface area contributed by atoms with Crippen LogP contribution in [0.3, 0.4) is 0 Å². The van der Waals surface area contributed by atoms with Gasteiger partial charge in [0.15, 0.2) is 8.32 Å². The van der Waals surface area contributed by atoms with Gasteiger partial charge in [0.25, 0.3) is 0 Å². The maximum absolute atomic E-state index is 13.8. The van der Waals surface area contributed by atoms with E-state index in [4.69, 9.17) is 9.53 Å². The topological polar surface area (TPSA) is 71.5 Å². The fourth-order valence-corrected chi connectivity index (χ4v) is 2.24. The molecule has 0 radical (unpaired) electrons. The molecular weight excluding hydrogens is 279 g/mol. The van der Waals surface area contributed by atoms with Crippen molar-refractivity contribution in [2.45, 2.75) is 45.5 Å². The largest absolute Gasteiger partial charge is 0.465 e. The van der Waals surface area contributed by atoms with Crippen LogP contribution in [0.25, 0.3) is 0 Å². The summed E-state index contributed by atoms with van der Waals surface area (Å²) in [6, 6.07) is 1.42. The second-order valence-electron chi connectivity index (χ2n) is 6.11. The van der Waals surface area contributed by atoms with Gasteiger partial charge >= 0.3 is 6.09 Å². The van der Waals surface area contributed by atoms with Crippen LogP contribution in [0.2, 0.25) is 18.1 Å². The molecule has 0 spiro atoms. The number of aromatic nitrogens is 1. The zero-order valence-electron chi connectivity index (χ0n) is 12.5. The minimum atomic E-state index is -2.04. The maximum atomic E-state index is 13.8. The average Bonchev–Trinajstić information content (AvgIpc) is 2.25. The molecule has 7 heteroatoms. The standard InChI is InChI=1S/C13H21FN2O3Si/c1-13(2,3)20(4,5)19-8-9-10(16-12(17)18)6-7-15-11(9)14/h6-7H,8H2,1-5H3,(H,15,16)(H,17,18). The molecule has 1 aromatic rings. The zero-order valence-corrected chi connectivity index (χ0v) is 13.5. The lowest BCUT2D eigenvalue weighted by molar-refractivity contribution is 0.209. The number of carbonyl (C=O) groups is 1. The van der Waals surface area contributed by atoms with Crippen LogP contribution in [0.1, 0.15) is 26.3 Å². The van der Waals surface area contributed by atoms with E-state index in [0.29, 0.717) is 0 Å². The van der Waals surface area contributed by atoms with Crippen molar-refractivity contribution < 1.29 is 18.7 Å². The van der Waals surface area contributed by atoms with Gasteiger partial charge in [0.1, 0.15) is 0 Å². The van der Waals surface area contributed by atoms with Crippen LogP contribution < -0.4 is 5.32 Å². The highest BCUT2D eigenvalue weighted by atomic mass is 28.4. The van der Waals surface area contributed by atoms with Gasteiger partial charge in [-0.15, -0.1) is 0 Å². The van der Waals surface area contributed by atoms with Crippen molar-refractivity contribution in [1.82, 2.24) is 4.98 Å². The number of halogens is 1. The second kappa shape index (κ2) is 5.88. The van der Waals surface area contributed by atoms with Crippen LogP contribution in [-0.4, -0.2) is 24.5 Å². The van der Waals surface area contributed by atoms with Crippen LogP contribution in [-0.2, 0) is 11.0 Å². The van der Waals surface area contributed by atoms with Gasteiger partial charge in [-0.1, -0.05) is 20.8 Å². The Morgan fingerprint density at radius 3 is 2.60 bits per heavy atom. The van der Waals surface area contributed by atoms with E-state index in [2.05, 4.69) is 31.1 Å². The van der Waals surface area contributed by atoms with E-state index in [1.54, 1.807) is 0 Å². The third-order valence-electron chi connectivity index (χ3n) is 3.63. The molecular formula is C13H21FN2O3Si. The Bertz CT molecular complexity index is 501. The van der Waals surface area contributed by atoms with Gasteiger partial charge in [-0.05, 0) is 24.2 Å². The van der Waals surface area contributed by atoms with Crippen molar-refractivity contribution in [2.75, 3.05) is 5.32 Å². The molecule has 0 saturated carbocycles. The monoisotopic (exact) mass is 300 g/mol. The Kier molecular flexibility index (Phi) is 4.88. The molecule has 1 aromatic heterocycles. The van der Waals surface area contributed by atoms with Crippen molar-refractivity contribution in [3.8, 4) is 0 Å². The van der Waals surface area contributed by atoms with Crippen LogP contribution in [0.5, 0.6) is 0 Å². The van der Waals surface area contributed by atoms with Crippen LogP contribution >= 0.6 is 0 Å². The van der Waals surface area contributed by atoms with Gasteiger partial charge in [0, 0.05) is 6.20 Å². The Morgan fingerprint density at radius 2 is 2.10 bits per heavy atom. The summed E-state index contributed by atoms with van der Waals surface area (Å²) in [5, 5.41) is 10.9. The van der Waals surface area contributed by atoms with E-state index in [9.17, 15) is 9.18 Å². The van der Waals surface area contributed by atoms with Crippen LogP contribution in [0.15, 0.2) is 12.3 Å². The number of nitrogens with one attached hydrogen (secondary N) is 1. The van der Waals surface area contributed by atoms with Crippen molar-refractivity contribution >= 4 is 20.1 Å². The molecule has 1 rings (SSSR count). The first kappa shape index (κ1) is 16.6. The Hall–Kier alpha value is -1.47. The van der Waals surface area contributed by atoms with Crippen molar-refractivity contribution in [3.05, 3.63) is 23.8 Å². The van der Waals surface area contributed by atoms with Gasteiger partial charge in [-0.25, -0.2) is 9.78 Å². The Balaban J connectivity index is 2.95. The third kappa shape index (κ3) is 4.01. The van der Waals surface area contributed by atoms with Gasteiger partial charge in [0.2, 0.25) is 5.95 Å². The van der Waals surface area contributed by atoms with E-state index in [-0.39, 0.29) is 22.9 Å². The number of nitrogens with zero attached hydrogens (tertiary/aromatic N) is 1. The molecule has 0 aliphatic carbocycles. The molecule has 112 valence electrons. The third-order valence-corrected chi connectivity index (χ3v) is 8.11. The quantitative estimate of drug-likeness (QED) is 0.655. The lowest BCUT2D eigenvalue weighted by atomic mass is 10.2. The zero-order chi connectivity index (χ0) is 15.6. The molecule has 0 fully saturated rings. The van der Waals surface area contributed by atoms with Gasteiger partial charge < -0.3 is 9.53 Å². The summed E-state index contributed by atoms with van der Waals surface area (Å²) >= 11 is 0. The first-order valence-electron chi connectivity index (χ1n) is 6.32. The second-order valence-corrected chi connectivity index (χ2v) is 10.9. The summed E-state index contributed by atoms with van der Waals surface area (Å²) in [4.78, 5) is 14.3. The molecule has 2 N–H and O–H groups in total. The normalized spacial score (nSPS) is 12.3. The molecule has 0 unspecified atom stereocenters. The van der Waals surface area contributed by atoms with E-state index < -0.39 is 20.4 Å². The molecule has 0 aliphatic heterocycles. The van der Waals surface area contributed by atoms with Gasteiger partial charge in [-0.3, -0.25) is 5.32 Å². The first-order valence-corrected chi connectivity index (χ1v) is 9.23. The van der Waals surface area contributed by atoms with E-state index in [0.717, 1.165) is 0 Å². The minimum Gasteiger partial charge on any atom is -0.465 e. The Morgan fingerprint density at radius 1 is 1.50 bits per heavy atom. The number of amides is 1. The molecule has 20 heavy (non-hydrogen) atoms. The number of pyridine rings is 1. The maximum Gasteiger partial charge on any atom is 0.409 e. The molecule has 5 nitrogen and oxygen atoms in total. The highest BCUT2D eigenvalue weighted by molar-refractivity contribution is 6.74. The summed E-state index contributed by atoms with van der Waals surface area (Å²) in [6.07, 6.45) is -0.0274. The molecule has 0 atom stereocenters. The highest BCUT2D eigenvalue weighted by Crippen LogP contribution is 2.37. The molecule has 1 amide bonds. The Labute approximate surface area is 119 Å². The number of anilines is 1. The molecule has 0 bridgehead atoms. The smallest absolute Gasteiger partial charge is 0.409 e. The number of carboxylic acid groups (broad SMARTS) is 1. The fraction of sp³-hybridized carbons (Fsp3) is 0.538. The predicted octanol–water partition coefficient (Wildman–Crippen LogP) is 3.83. The van der Waals surface area contributed by atoms with E-state index in [1.165, 1.54) is 12.3 Å². The highest BCUT2D eigenvalue weighted by Gasteiger charge is 2.37. The lowest BCUT2D eigenvalue weighted by Crippen LogP contribution is -2.40. The molecule has 1 heterocycles. The summed E-state index contributed by atoms with van der Waals surface area (Å²) in [6.45, 7) is 10.3. The molecule has 0 aromatic carbocycles. The summed E-state index contributed by atoms with van der Waals surface area (Å²) < 4.78 is 19.7. The number of hydrogen-bond donors (Lipinski definition) is 2. The minimum absolute atomic E-state index is 0.00573. The number of rotatable bonds is 4. The first-order chi connectivity index (χ1) is 9.04. The number of hydrogen-bond acceptors (Lipinski definition) is 3. The van der Waals surface area contributed by atoms with Crippen molar-refractivity contribution in [2.24, 2.45) is 0 Å². The predicted molar refractivity (Wildman–Crippen MR) is 77.8 cm³/mol. The molecule has 0 aliphatic rings. The van der Waals surface area contributed by atoms with E-state index >= 15 is 0 Å². The van der Waals surface area contributed by atoms with Gasteiger partial charge in [0.05, 0.1) is 17.9 Å². The summed E-state index contributed by atoms with van der Waals surface area (Å²) in [7, 11) is -2.04. The van der Waals surface area contributed by atoms with Crippen LogP contribution in [0, 0.1) is 5.95 Å².